The van der Waals surface area contributed by atoms with E-state index < -0.39 is 16.6 Å². The number of hydrogen-bond donors (Lipinski definition) is 0. The summed E-state index contributed by atoms with van der Waals surface area (Å²) in [5.74, 6) is 0. The van der Waals surface area contributed by atoms with Gasteiger partial charge < -0.3 is 24.8 Å². The smallest absolute Gasteiger partial charge is 1.00 e. The van der Waals surface area contributed by atoms with E-state index >= 15 is 0 Å². The number of fused-ring (bicyclic) bond motifs is 2. The van der Waals surface area contributed by atoms with E-state index in [9.17, 15) is 0 Å². The molecule has 5 rings (SSSR count). The Balaban J connectivity index is 0.000000781. The monoisotopic (exact) mass is 376 g/mol. The molecule has 0 bridgehead atoms. The van der Waals surface area contributed by atoms with Crippen LogP contribution in [0.5, 0.6) is 0 Å². The Morgan fingerprint density at radius 3 is 1.43 bits per heavy atom. The molecular weight excluding hydrogens is 359 g/mol. The molecular formula is C20H18Cl2Ti. The number of rotatable bonds is 2. The van der Waals surface area contributed by atoms with Gasteiger partial charge in [0.15, 0.2) is 0 Å². The summed E-state index contributed by atoms with van der Waals surface area (Å²) in [5, 5.41) is 0. The standard InChI is InChI=1S/2C9H7.C2H4.2ClH.Ti/c2*1-2-5-9-7-3-6-8(9)4-1;1-2;;;/h2*1-2,4-6H,7H2;1-2H2;2*1H;/q;;;;;+2/p-2. The maximum atomic E-state index is 2.55. The minimum absolute atomic E-state index is 0. The van der Waals surface area contributed by atoms with Crippen LogP contribution in [0.1, 0.15) is 22.3 Å². The molecule has 23 heavy (non-hydrogen) atoms. The van der Waals surface area contributed by atoms with Crippen LogP contribution in [0.25, 0.3) is 12.2 Å². The number of benzene rings is 2. The summed E-state index contributed by atoms with van der Waals surface area (Å²) in [7, 11) is 0. The largest absolute Gasteiger partial charge is 1.00 e. The van der Waals surface area contributed by atoms with Crippen molar-refractivity contribution in [2.45, 2.75) is 22.3 Å². The van der Waals surface area contributed by atoms with Crippen molar-refractivity contribution in [2.75, 3.05) is 0 Å². The molecule has 0 nitrogen and oxygen atoms in total. The van der Waals surface area contributed by atoms with Crippen LogP contribution in [0.15, 0.2) is 56.3 Å². The van der Waals surface area contributed by atoms with Gasteiger partial charge >= 0.3 is 130 Å². The topological polar surface area (TPSA) is 0 Å². The fraction of sp³-hybridized carbons (Fsp3) is 0.200. The minimum Gasteiger partial charge on any atom is -1.00 e. The maximum absolute atomic E-state index is 2.55. The molecule has 0 aromatic heterocycles. The van der Waals surface area contributed by atoms with Crippen molar-refractivity contribution in [3.8, 4) is 0 Å². The summed E-state index contributed by atoms with van der Waals surface area (Å²) in [4.78, 5) is 0. The van der Waals surface area contributed by atoms with E-state index in [1.54, 1.807) is 11.1 Å². The Kier molecular flexibility index (Phi) is 4.64. The van der Waals surface area contributed by atoms with Crippen LogP contribution in [0.2, 0.25) is 9.45 Å². The number of halogens is 2. The third-order valence-electron chi connectivity index (χ3n) is 5.51. The molecule has 3 heteroatoms. The summed E-state index contributed by atoms with van der Waals surface area (Å²) < 4.78 is 6.74. The van der Waals surface area contributed by atoms with Crippen LogP contribution < -0.4 is 24.8 Å². The van der Waals surface area contributed by atoms with Crippen LogP contribution in [0.3, 0.4) is 0 Å². The summed E-state index contributed by atoms with van der Waals surface area (Å²) in [6, 6.07) is 17.9. The van der Waals surface area contributed by atoms with E-state index in [4.69, 9.17) is 0 Å². The summed E-state index contributed by atoms with van der Waals surface area (Å²) in [6.07, 6.45) is 7.58. The van der Waals surface area contributed by atoms with Gasteiger partial charge in [0.2, 0.25) is 0 Å². The molecule has 2 aromatic rings. The van der Waals surface area contributed by atoms with Gasteiger partial charge in [-0.15, -0.1) is 0 Å². The van der Waals surface area contributed by atoms with Gasteiger partial charge in [-0.2, -0.15) is 0 Å². The van der Waals surface area contributed by atoms with Gasteiger partial charge in [0.25, 0.3) is 0 Å². The van der Waals surface area contributed by atoms with Crippen molar-refractivity contribution < 1.29 is 41.4 Å². The zero-order valence-corrected chi connectivity index (χ0v) is 15.9. The van der Waals surface area contributed by atoms with Crippen LogP contribution in [0, 0.1) is 0 Å². The average molecular weight is 377 g/mol. The van der Waals surface area contributed by atoms with Gasteiger partial charge in [0.1, 0.15) is 0 Å². The Hall–Kier alpha value is -0.786. The SMILES string of the molecule is C1=[C]([Ti+2]2([C]3=Cc4ccccc4C3)[CH2][CH2]2)Cc2ccccc21.[Cl-].[Cl-]. The van der Waals surface area contributed by atoms with Crippen molar-refractivity contribution in [1.29, 1.82) is 0 Å². The van der Waals surface area contributed by atoms with E-state index in [0.29, 0.717) is 0 Å². The van der Waals surface area contributed by atoms with Crippen molar-refractivity contribution in [2.24, 2.45) is 0 Å². The van der Waals surface area contributed by atoms with Gasteiger partial charge in [0.05, 0.1) is 0 Å². The van der Waals surface area contributed by atoms with Crippen LogP contribution >= 0.6 is 0 Å². The van der Waals surface area contributed by atoms with Gasteiger partial charge in [-0.25, -0.2) is 0 Å². The van der Waals surface area contributed by atoms with Gasteiger partial charge in [-0.1, -0.05) is 0 Å². The first kappa shape index (κ1) is 17.1. The predicted octanol–water partition coefficient (Wildman–Crippen LogP) is -0.807. The molecule has 1 aliphatic heterocycles. The van der Waals surface area contributed by atoms with Crippen LogP contribution in [-0.4, -0.2) is 0 Å². The van der Waals surface area contributed by atoms with E-state index in [1.807, 2.05) is 7.76 Å². The average Bonchev–Trinajstić information content (AvgIpc) is 3.03. The van der Waals surface area contributed by atoms with Gasteiger partial charge in [-0.05, 0) is 0 Å². The maximum Gasteiger partial charge on any atom is -1.00 e. The first-order valence-corrected chi connectivity index (χ1v) is 11.7. The van der Waals surface area contributed by atoms with Crippen molar-refractivity contribution in [3.63, 3.8) is 0 Å². The Labute approximate surface area is 153 Å². The molecule has 3 aliphatic rings. The zero-order chi connectivity index (χ0) is 13.9. The molecule has 0 unspecified atom stereocenters. The molecule has 0 spiro atoms. The fourth-order valence-corrected chi connectivity index (χ4v) is 11.8. The van der Waals surface area contributed by atoms with Crippen molar-refractivity contribution in [3.05, 3.63) is 78.5 Å². The number of allylic oxidation sites excluding steroid dienone is 2. The second-order valence-electron chi connectivity index (χ2n) is 6.67. The van der Waals surface area contributed by atoms with Gasteiger partial charge in [-0.3, -0.25) is 0 Å². The molecule has 2 aliphatic carbocycles. The van der Waals surface area contributed by atoms with E-state index in [-0.39, 0.29) is 24.8 Å². The first-order valence-electron chi connectivity index (χ1n) is 7.93. The Morgan fingerprint density at radius 2 is 1.04 bits per heavy atom. The van der Waals surface area contributed by atoms with Crippen LogP contribution in [0.4, 0.5) is 0 Å². The van der Waals surface area contributed by atoms with E-state index in [1.165, 1.54) is 33.4 Å². The quantitative estimate of drug-likeness (QED) is 0.601. The third kappa shape index (κ3) is 2.66. The minimum atomic E-state index is -1.84. The van der Waals surface area contributed by atoms with Crippen molar-refractivity contribution in [1.82, 2.24) is 0 Å². The molecule has 0 saturated carbocycles. The van der Waals surface area contributed by atoms with E-state index in [0.717, 1.165) is 0 Å². The Morgan fingerprint density at radius 1 is 0.609 bits per heavy atom. The third-order valence-corrected chi connectivity index (χ3v) is 12.7. The first-order chi connectivity index (χ1) is 10.4. The second kappa shape index (κ2) is 6.26. The molecule has 1 fully saturated rings. The molecule has 1 heterocycles. The van der Waals surface area contributed by atoms with Crippen molar-refractivity contribution >= 4 is 12.2 Å². The van der Waals surface area contributed by atoms with E-state index in [2.05, 4.69) is 60.7 Å². The normalized spacial score (nSPS) is 17.4. The molecule has 116 valence electrons. The van der Waals surface area contributed by atoms with Gasteiger partial charge in [0, 0.05) is 0 Å². The summed E-state index contributed by atoms with van der Waals surface area (Å²) in [5.41, 5.74) is 6.09. The molecule has 2 aromatic carbocycles. The Bertz CT molecular complexity index is 750. The number of hydrogen-bond acceptors (Lipinski definition) is 0. The second-order valence-corrected chi connectivity index (χ2v) is 13.6. The molecule has 0 amide bonds. The summed E-state index contributed by atoms with van der Waals surface area (Å²) in [6.45, 7) is 0. The summed E-state index contributed by atoms with van der Waals surface area (Å²) >= 11 is -1.84. The fourth-order valence-electron chi connectivity index (χ4n) is 4.15. The molecule has 0 atom stereocenters. The van der Waals surface area contributed by atoms with Crippen LogP contribution in [-0.2, 0) is 29.4 Å². The zero-order valence-electron chi connectivity index (χ0n) is 12.9. The predicted molar refractivity (Wildman–Crippen MR) is 85.9 cm³/mol. The molecule has 1 saturated heterocycles. The molecule has 0 N–H and O–H groups in total. The molecule has 0 radical (unpaired) electrons.